The zero-order chi connectivity index (χ0) is 13.1. The van der Waals surface area contributed by atoms with Crippen LogP contribution in [-0.4, -0.2) is 17.7 Å². The minimum atomic E-state index is 0. The molecule has 2 N–H and O–H groups in total. The Kier molecular flexibility index (Phi) is 5.64. The van der Waals surface area contributed by atoms with Gasteiger partial charge < -0.3 is 10.4 Å². The lowest BCUT2D eigenvalue weighted by Gasteiger charge is -2.26. The van der Waals surface area contributed by atoms with Gasteiger partial charge in [0.05, 0.1) is 0 Å². The van der Waals surface area contributed by atoms with Crippen molar-refractivity contribution in [1.82, 2.24) is 5.32 Å². The molecule has 1 aromatic carbocycles. The van der Waals surface area contributed by atoms with Crippen molar-refractivity contribution in [3.8, 4) is 5.75 Å². The molecule has 0 aliphatic heterocycles. The second-order valence-corrected chi connectivity index (χ2v) is 6.17. The maximum absolute atomic E-state index is 9.82. The molecule has 1 aliphatic carbocycles. The molecule has 0 saturated carbocycles. The highest BCUT2D eigenvalue weighted by Gasteiger charge is 2.19. The summed E-state index contributed by atoms with van der Waals surface area (Å²) in [5.41, 5.74) is 2.46. The van der Waals surface area contributed by atoms with Gasteiger partial charge in [-0.15, -0.1) is 28.3 Å². The van der Waals surface area contributed by atoms with Crippen LogP contribution >= 0.6 is 28.3 Å². The first-order valence-corrected chi connectivity index (χ1v) is 7.76. The van der Waals surface area contributed by atoms with Crippen molar-refractivity contribution in [2.24, 2.45) is 0 Å². The molecular formula is C16H20BrNOS. The van der Waals surface area contributed by atoms with E-state index in [1.54, 1.807) is 6.07 Å². The van der Waals surface area contributed by atoms with Crippen LogP contribution in [0.25, 0.3) is 0 Å². The number of phenols is 1. The van der Waals surface area contributed by atoms with Gasteiger partial charge in [0.1, 0.15) is 5.75 Å². The summed E-state index contributed by atoms with van der Waals surface area (Å²) in [6.07, 6.45) is 4.25. The van der Waals surface area contributed by atoms with Crippen LogP contribution in [0.5, 0.6) is 5.75 Å². The van der Waals surface area contributed by atoms with Gasteiger partial charge in [-0.05, 0) is 54.3 Å². The molecule has 4 heteroatoms. The average Bonchev–Trinajstić information content (AvgIpc) is 2.92. The summed E-state index contributed by atoms with van der Waals surface area (Å²) in [6, 6.07) is 10.7. The zero-order valence-electron chi connectivity index (χ0n) is 11.3. The third kappa shape index (κ3) is 3.62. The molecule has 1 aromatic heterocycles. The molecule has 0 radical (unpaired) electrons. The number of phenolic OH excluding ortho intramolecular Hbond substituents is 1. The summed E-state index contributed by atoms with van der Waals surface area (Å²) in [5.74, 6) is 0.467. The Morgan fingerprint density at radius 1 is 1.25 bits per heavy atom. The van der Waals surface area contributed by atoms with Crippen molar-refractivity contribution < 1.29 is 5.11 Å². The Morgan fingerprint density at radius 3 is 2.95 bits per heavy atom. The summed E-state index contributed by atoms with van der Waals surface area (Å²) in [5, 5.41) is 15.6. The minimum absolute atomic E-state index is 0. The van der Waals surface area contributed by atoms with E-state index in [9.17, 15) is 5.11 Å². The molecule has 0 saturated heterocycles. The van der Waals surface area contributed by atoms with E-state index in [2.05, 4.69) is 28.9 Å². The Hall–Kier alpha value is -0.840. The van der Waals surface area contributed by atoms with Crippen molar-refractivity contribution in [3.63, 3.8) is 0 Å². The van der Waals surface area contributed by atoms with E-state index in [0.29, 0.717) is 11.8 Å². The molecule has 0 spiro atoms. The van der Waals surface area contributed by atoms with Gasteiger partial charge in [0.15, 0.2) is 0 Å². The molecule has 3 rings (SSSR count). The molecule has 0 amide bonds. The Labute approximate surface area is 134 Å². The zero-order valence-corrected chi connectivity index (χ0v) is 13.9. The summed E-state index contributed by atoms with van der Waals surface area (Å²) in [6.45, 7) is 1.04. The number of nitrogens with one attached hydrogen (secondary N) is 1. The van der Waals surface area contributed by atoms with E-state index < -0.39 is 0 Å². The number of aromatic hydroxyl groups is 1. The van der Waals surface area contributed by atoms with E-state index in [0.717, 1.165) is 37.8 Å². The summed E-state index contributed by atoms with van der Waals surface area (Å²) in [4.78, 5) is 1.45. The summed E-state index contributed by atoms with van der Waals surface area (Å²) in [7, 11) is 0. The van der Waals surface area contributed by atoms with Crippen molar-refractivity contribution in [3.05, 3.63) is 51.7 Å². The standard InChI is InChI=1S/C16H19NOS.BrH/c18-16-5-1-3-12-11-13(6-7-15(12)16)17-9-8-14-4-2-10-19-14;/h1-5,10,13,17-18H,6-9,11H2;1H/t13-;/m0./s1. The number of thiophene rings is 1. The van der Waals surface area contributed by atoms with Gasteiger partial charge in [-0.1, -0.05) is 18.2 Å². The second-order valence-electron chi connectivity index (χ2n) is 5.14. The highest BCUT2D eigenvalue weighted by atomic mass is 79.9. The smallest absolute Gasteiger partial charge is 0.119 e. The monoisotopic (exact) mass is 353 g/mol. The minimum Gasteiger partial charge on any atom is -0.508 e. The third-order valence-corrected chi connectivity index (χ3v) is 4.78. The van der Waals surface area contributed by atoms with Gasteiger partial charge >= 0.3 is 0 Å². The quantitative estimate of drug-likeness (QED) is 0.877. The fraction of sp³-hybridized carbons (Fsp3) is 0.375. The molecular weight excluding hydrogens is 334 g/mol. The number of hydrogen-bond donors (Lipinski definition) is 2. The first-order valence-electron chi connectivity index (χ1n) is 6.88. The van der Waals surface area contributed by atoms with Crippen LogP contribution in [0.2, 0.25) is 0 Å². The van der Waals surface area contributed by atoms with E-state index in [1.807, 2.05) is 17.4 Å². The predicted octanol–water partition coefficient (Wildman–Crippen LogP) is 3.72. The lowest BCUT2D eigenvalue weighted by molar-refractivity contribution is 0.433. The van der Waals surface area contributed by atoms with Gasteiger partial charge in [-0.2, -0.15) is 0 Å². The number of hydrogen-bond acceptors (Lipinski definition) is 3. The van der Waals surface area contributed by atoms with Crippen LogP contribution < -0.4 is 5.32 Å². The molecule has 0 fully saturated rings. The highest BCUT2D eigenvalue weighted by Crippen LogP contribution is 2.28. The molecule has 2 aromatic rings. The van der Waals surface area contributed by atoms with E-state index in [-0.39, 0.29) is 17.0 Å². The van der Waals surface area contributed by atoms with Crippen LogP contribution in [-0.2, 0) is 19.3 Å². The Bertz CT molecular complexity index is 541. The van der Waals surface area contributed by atoms with Crippen LogP contribution in [0.3, 0.4) is 0 Å². The Balaban J connectivity index is 0.00000147. The first-order chi connectivity index (χ1) is 9.33. The lowest BCUT2D eigenvalue weighted by atomic mass is 9.87. The van der Waals surface area contributed by atoms with Gasteiger partial charge in [0, 0.05) is 17.5 Å². The maximum Gasteiger partial charge on any atom is 0.119 e. The fourth-order valence-electron chi connectivity index (χ4n) is 2.82. The fourth-order valence-corrected chi connectivity index (χ4v) is 3.52. The predicted molar refractivity (Wildman–Crippen MR) is 90.3 cm³/mol. The third-order valence-electron chi connectivity index (χ3n) is 3.84. The van der Waals surface area contributed by atoms with Crippen molar-refractivity contribution >= 4 is 28.3 Å². The largest absolute Gasteiger partial charge is 0.508 e. The molecule has 2 nitrogen and oxygen atoms in total. The number of benzene rings is 1. The van der Waals surface area contributed by atoms with Gasteiger partial charge in [0.25, 0.3) is 0 Å². The molecule has 0 bridgehead atoms. The average molecular weight is 354 g/mol. The van der Waals surface area contributed by atoms with Crippen molar-refractivity contribution in [2.45, 2.75) is 31.7 Å². The number of rotatable bonds is 4. The van der Waals surface area contributed by atoms with Crippen LogP contribution in [0.15, 0.2) is 35.7 Å². The molecule has 1 atom stereocenters. The molecule has 1 heterocycles. The summed E-state index contributed by atoms with van der Waals surface area (Å²) < 4.78 is 0. The van der Waals surface area contributed by atoms with Gasteiger partial charge in [-0.25, -0.2) is 0 Å². The molecule has 20 heavy (non-hydrogen) atoms. The molecule has 1 aliphatic rings. The maximum atomic E-state index is 9.82. The normalized spacial score (nSPS) is 17.3. The number of halogens is 1. The van der Waals surface area contributed by atoms with E-state index in [4.69, 9.17) is 0 Å². The first kappa shape index (κ1) is 15.5. The van der Waals surface area contributed by atoms with Crippen molar-refractivity contribution in [1.29, 1.82) is 0 Å². The van der Waals surface area contributed by atoms with Gasteiger partial charge in [-0.3, -0.25) is 0 Å². The van der Waals surface area contributed by atoms with Crippen molar-refractivity contribution in [2.75, 3.05) is 6.54 Å². The van der Waals surface area contributed by atoms with Crippen LogP contribution in [0.4, 0.5) is 0 Å². The topological polar surface area (TPSA) is 32.3 Å². The van der Waals surface area contributed by atoms with E-state index >= 15 is 0 Å². The highest BCUT2D eigenvalue weighted by molar-refractivity contribution is 8.93. The van der Waals surface area contributed by atoms with Gasteiger partial charge in [0.2, 0.25) is 0 Å². The van der Waals surface area contributed by atoms with E-state index in [1.165, 1.54) is 10.4 Å². The molecule has 0 unspecified atom stereocenters. The molecule has 108 valence electrons. The summed E-state index contributed by atoms with van der Waals surface area (Å²) >= 11 is 1.83. The Morgan fingerprint density at radius 2 is 2.15 bits per heavy atom. The van der Waals surface area contributed by atoms with Crippen LogP contribution in [0, 0.1) is 0 Å². The SMILES string of the molecule is Br.Oc1cccc2c1CC[C@H](NCCc1cccs1)C2. The van der Waals surface area contributed by atoms with Crippen LogP contribution in [0.1, 0.15) is 22.4 Å². The lowest BCUT2D eigenvalue weighted by Crippen LogP contribution is -2.35. The number of fused-ring (bicyclic) bond motifs is 1. The second kappa shape index (κ2) is 7.25.